The lowest BCUT2D eigenvalue weighted by Crippen LogP contribution is -2.45. The first-order valence-electron chi connectivity index (χ1n) is 6.71. The Morgan fingerprint density at radius 1 is 1.39 bits per heavy atom. The number of nitrogens with one attached hydrogen (secondary N) is 2. The molecule has 18 heavy (non-hydrogen) atoms. The molecule has 1 aromatic heterocycles. The van der Waals surface area contributed by atoms with E-state index in [1.807, 2.05) is 4.90 Å². The minimum atomic E-state index is -0.0341. The third kappa shape index (κ3) is 2.69. The van der Waals surface area contributed by atoms with E-state index < -0.39 is 0 Å². The highest BCUT2D eigenvalue weighted by atomic mass is 16.2. The molecule has 6 heteroatoms. The van der Waals surface area contributed by atoms with Gasteiger partial charge in [0.1, 0.15) is 6.33 Å². The molecule has 0 atom stereocenters. The number of nitrogens with zero attached hydrogens (tertiary/aromatic N) is 3. The minimum Gasteiger partial charge on any atom is -0.336 e. The van der Waals surface area contributed by atoms with Gasteiger partial charge < -0.3 is 10.2 Å². The van der Waals surface area contributed by atoms with Gasteiger partial charge in [-0.2, -0.15) is 5.10 Å². The van der Waals surface area contributed by atoms with Gasteiger partial charge in [0.25, 0.3) is 5.91 Å². The van der Waals surface area contributed by atoms with Crippen LogP contribution < -0.4 is 5.32 Å². The minimum absolute atomic E-state index is 0.0341. The highest BCUT2D eigenvalue weighted by Gasteiger charge is 2.27. The van der Waals surface area contributed by atoms with Crippen molar-refractivity contribution < 1.29 is 4.79 Å². The van der Waals surface area contributed by atoms with Gasteiger partial charge in [0.15, 0.2) is 0 Å². The SMILES string of the molecule is O=C(c1ncn[nH]1)N1CCC(NCC2CC2)CC1. The summed E-state index contributed by atoms with van der Waals surface area (Å²) in [5.74, 6) is 1.23. The third-order valence-corrected chi connectivity index (χ3v) is 3.79. The van der Waals surface area contributed by atoms with Gasteiger partial charge in [0.05, 0.1) is 0 Å². The summed E-state index contributed by atoms with van der Waals surface area (Å²) < 4.78 is 0. The standard InChI is InChI=1S/C12H19N5O/c18-12(11-14-8-15-16-11)17-5-3-10(4-6-17)13-7-9-1-2-9/h8-10,13H,1-7H2,(H,14,15,16). The fraction of sp³-hybridized carbons (Fsp3) is 0.750. The van der Waals surface area contributed by atoms with Gasteiger partial charge in [-0.1, -0.05) is 0 Å². The molecule has 1 aliphatic heterocycles. The second-order valence-electron chi connectivity index (χ2n) is 5.25. The highest BCUT2D eigenvalue weighted by molar-refractivity contribution is 5.90. The van der Waals surface area contributed by atoms with Crippen LogP contribution in [0.15, 0.2) is 6.33 Å². The van der Waals surface area contributed by atoms with Crippen LogP contribution in [-0.4, -0.2) is 51.7 Å². The number of carbonyl (C=O) groups is 1. The smallest absolute Gasteiger partial charge is 0.291 e. The Hall–Kier alpha value is -1.43. The van der Waals surface area contributed by atoms with Crippen LogP contribution in [-0.2, 0) is 0 Å². The average molecular weight is 249 g/mol. The third-order valence-electron chi connectivity index (χ3n) is 3.79. The average Bonchev–Trinajstić information content (AvgIpc) is 3.08. The Bertz CT molecular complexity index is 393. The number of amides is 1. The monoisotopic (exact) mass is 249 g/mol. The van der Waals surface area contributed by atoms with Crippen LogP contribution in [0.4, 0.5) is 0 Å². The quantitative estimate of drug-likeness (QED) is 0.810. The molecule has 2 N–H and O–H groups in total. The Balaban J connectivity index is 1.45. The van der Waals surface area contributed by atoms with Crippen LogP contribution >= 0.6 is 0 Å². The zero-order valence-electron chi connectivity index (χ0n) is 10.4. The van der Waals surface area contributed by atoms with Crippen molar-refractivity contribution in [2.24, 2.45) is 5.92 Å². The van der Waals surface area contributed by atoms with Crippen LogP contribution in [0.1, 0.15) is 36.3 Å². The molecule has 0 unspecified atom stereocenters. The molecule has 2 heterocycles. The van der Waals surface area contributed by atoms with Gasteiger partial charge in [0, 0.05) is 19.1 Å². The Morgan fingerprint density at radius 3 is 2.78 bits per heavy atom. The molecule has 0 spiro atoms. The molecule has 0 aromatic carbocycles. The van der Waals surface area contributed by atoms with E-state index in [9.17, 15) is 4.79 Å². The summed E-state index contributed by atoms with van der Waals surface area (Å²) in [5, 5.41) is 9.94. The summed E-state index contributed by atoms with van der Waals surface area (Å²) in [4.78, 5) is 17.8. The van der Waals surface area contributed by atoms with Gasteiger partial charge in [-0.05, 0) is 38.1 Å². The molecule has 0 radical (unpaired) electrons. The number of H-pyrrole nitrogens is 1. The fourth-order valence-corrected chi connectivity index (χ4v) is 2.40. The molecular weight excluding hydrogens is 230 g/mol. The predicted molar refractivity (Wildman–Crippen MR) is 66.0 cm³/mol. The van der Waals surface area contributed by atoms with E-state index in [1.54, 1.807) is 0 Å². The van der Waals surface area contributed by atoms with Crippen molar-refractivity contribution in [3.8, 4) is 0 Å². The Kier molecular flexibility index (Phi) is 3.27. The van der Waals surface area contributed by atoms with Crippen molar-refractivity contribution in [3.05, 3.63) is 12.2 Å². The first-order valence-corrected chi connectivity index (χ1v) is 6.71. The molecule has 1 aliphatic carbocycles. The van der Waals surface area contributed by atoms with Crippen LogP contribution in [0.5, 0.6) is 0 Å². The van der Waals surface area contributed by atoms with Crippen LogP contribution in [0.2, 0.25) is 0 Å². The molecule has 3 rings (SSSR count). The molecule has 98 valence electrons. The molecule has 1 saturated carbocycles. The van der Waals surface area contributed by atoms with Crippen LogP contribution in [0, 0.1) is 5.92 Å². The van der Waals surface area contributed by atoms with Crippen LogP contribution in [0.3, 0.4) is 0 Å². The molecule has 2 fully saturated rings. The lowest BCUT2D eigenvalue weighted by atomic mass is 10.0. The van der Waals surface area contributed by atoms with E-state index in [1.165, 1.54) is 19.2 Å². The zero-order chi connectivity index (χ0) is 12.4. The Morgan fingerprint density at radius 2 is 2.17 bits per heavy atom. The summed E-state index contributed by atoms with van der Waals surface area (Å²) in [7, 11) is 0. The summed E-state index contributed by atoms with van der Waals surface area (Å²) in [5.41, 5.74) is 0. The normalized spacial score (nSPS) is 21.2. The molecule has 1 amide bonds. The van der Waals surface area contributed by atoms with Gasteiger partial charge in [-0.3, -0.25) is 9.89 Å². The number of hydrogen-bond acceptors (Lipinski definition) is 4. The number of hydrogen-bond donors (Lipinski definition) is 2. The number of likely N-dealkylation sites (tertiary alicyclic amines) is 1. The lowest BCUT2D eigenvalue weighted by molar-refractivity contribution is 0.0693. The zero-order valence-corrected chi connectivity index (χ0v) is 10.4. The number of piperidine rings is 1. The molecular formula is C12H19N5O. The summed E-state index contributed by atoms with van der Waals surface area (Å²) >= 11 is 0. The number of carbonyl (C=O) groups excluding carboxylic acids is 1. The van der Waals surface area contributed by atoms with Crippen LogP contribution in [0.25, 0.3) is 0 Å². The van der Waals surface area contributed by atoms with E-state index in [4.69, 9.17) is 0 Å². The second-order valence-corrected chi connectivity index (χ2v) is 5.25. The first kappa shape index (κ1) is 11.6. The Labute approximate surface area is 106 Å². The van der Waals surface area contributed by atoms with E-state index >= 15 is 0 Å². The van der Waals surface area contributed by atoms with E-state index in [-0.39, 0.29) is 5.91 Å². The first-order chi connectivity index (χ1) is 8.83. The van der Waals surface area contributed by atoms with E-state index in [2.05, 4.69) is 20.5 Å². The van der Waals surface area contributed by atoms with Crippen molar-refractivity contribution in [1.82, 2.24) is 25.4 Å². The van der Waals surface area contributed by atoms with Crippen molar-refractivity contribution >= 4 is 5.91 Å². The maximum atomic E-state index is 12.0. The largest absolute Gasteiger partial charge is 0.336 e. The maximum absolute atomic E-state index is 12.0. The van der Waals surface area contributed by atoms with Gasteiger partial charge in [0.2, 0.25) is 5.82 Å². The molecule has 1 saturated heterocycles. The van der Waals surface area contributed by atoms with Crippen molar-refractivity contribution in [3.63, 3.8) is 0 Å². The van der Waals surface area contributed by atoms with Crippen molar-refractivity contribution in [1.29, 1.82) is 0 Å². The summed E-state index contributed by atoms with van der Waals surface area (Å²) in [6, 6.07) is 0.573. The highest BCUT2D eigenvalue weighted by Crippen LogP contribution is 2.28. The number of rotatable bonds is 4. The van der Waals surface area contributed by atoms with E-state index in [0.717, 1.165) is 38.4 Å². The second kappa shape index (κ2) is 5.06. The summed E-state index contributed by atoms with van der Waals surface area (Å²) in [6.07, 6.45) is 6.21. The van der Waals surface area contributed by atoms with Gasteiger partial charge >= 0.3 is 0 Å². The van der Waals surface area contributed by atoms with Gasteiger partial charge in [-0.25, -0.2) is 4.98 Å². The summed E-state index contributed by atoms with van der Waals surface area (Å²) in [6.45, 7) is 2.77. The predicted octanol–water partition coefficient (Wildman–Crippen LogP) is 0.409. The number of aromatic amines is 1. The topological polar surface area (TPSA) is 73.9 Å². The molecule has 6 nitrogen and oxygen atoms in total. The lowest BCUT2D eigenvalue weighted by Gasteiger charge is -2.32. The van der Waals surface area contributed by atoms with Crippen molar-refractivity contribution in [2.75, 3.05) is 19.6 Å². The van der Waals surface area contributed by atoms with E-state index in [0.29, 0.717) is 11.9 Å². The fourth-order valence-electron chi connectivity index (χ4n) is 2.40. The molecule has 1 aromatic rings. The maximum Gasteiger partial charge on any atom is 0.291 e. The number of aromatic nitrogens is 3. The molecule has 0 bridgehead atoms. The van der Waals surface area contributed by atoms with Crippen molar-refractivity contribution in [2.45, 2.75) is 31.7 Å². The molecule has 2 aliphatic rings. The van der Waals surface area contributed by atoms with Gasteiger partial charge in [-0.15, -0.1) is 0 Å².